The first kappa shape index (κ1) is 17.4. The van der Waals surface area contributed by atoms with E-state index >= 15 is 0 Å². The molecule has 1 aromatic carbocycles. The number of halogens is 3. The molecule has 0 amide bonds. The summed E-state index contributed by atoms with van der Waals surface area (Å²) in [5.74, 6) is -0.145. The molecule has 0 N–H and O–H groups in total. The van der Waals surface area contributed by atoms with Gasteiger partial charge in [0.15, 0.2) is 17.3 Å². The zero-order valence-electron chi connectivity index (χ0n) is 14.6. The third-order valence-corrected chi connectivity index (χ3v) is 5.11. The number of imidazole rings is 1. The van der Waals surface area contributed by atoms with Crippen LogP contribution in [0.3, 0.4) is 0 Å². The van der Waals surface area contributed by atoms with Crippen molar-refractivity contribution in [2.75, 3.05) is 13.2 Å². The molecule has 7 nitrogen and oxygen atoms in total. The van der Waals surface area contributed by atoms with E-state index in [9.17, 15) is 8.78 Å². The normalized spacial score (nSPS) is 15.9. The highest BCUT2D eigenvalue weighted by Gasteiger charge is 2.26. The van der Waals surface area contributed by atoms with E-state index in [1.165, 1.54) is 4.57 Å². The molecule has 10 heteroatoms. The van der Waals surface area contributed by atoms with Gasteiger partial charge in [-0.1, -0.05) is 12.1 Å². The molecule has 1 fully saturated rings. The van der Waals surface area contributed by atoms with Crippen LogP contribution in [0, 0.1) is 0 Å². The van der Waals surface area contributed by atoms with E-state index in [2.05, 4.69) is 20.1 Å². The van der Waals surface area contributed by atoms with E-state index in [4.69, 9.17) is 16.3 Å². The monoisotopic (exact) mass is 404 g/mol. The summed E-state index contributed by atoms with van der Waals surface area (Å²) in [7, 11) is 0. The predicted molar refractivity (Wildman–Crippen MR) is 99.0 cm³/mol. The molecule has 3 aromatic heterocycles. The lowest BCUT2D eigenvalue weighted by atomic mass is 10.1. The van der Waals surface area contributed by atoms with Crippen LogP contribution in [0.2, 0.25) is 5.28 Å². The minimum absolute atomic E-state index is 0.0330. The minimum atomic E-state index is -2.78. The van der Waals surface area contributed by atoms with Crippen LogP contribution in [0.4, 0.5) is 8.78 Å². The Kier molecular flexibility index (Phi) is 4.21. The van der Waals surface area contributed by atoms with Crippen LogP contribution in [0.5, 0.6) is 0 Å². The van der Waals surface area contributed by atoms with Crippen LogP contribution in [0.25, 0.3) is 27.9 Å². The van der Waals surface area contributed by atoms with Crippen molar-refractivity contribution in [1.29, 1.82) is 0 Å². The number of hydrogen-bond acceptors (Lipinski definition) is 5. The summed E-state index contributed by atoms with van der Waals surface area (Å²) in [5.41, 5.74) is 1.49. The number of nitrogens with zero attached hydrogens (tertiary/aromatic N) is 6. The number of hydrogen-bond donors (Lipinski definition) is 0. The quantitative estimate of drug-likeness (QED) is 0.480. The second-order valence-electron chi connectivity index (χ2n) is 6.58. The molecular formula is C18H15ClF2N6O. The predicted octanol–water partition coefficient (Wildman–Crippen LogP) is 4.11. The Balaban J connectivity index is 1.77. The lowest BCUT2D eigenvalue weighted by Gasteiger charge is -2.22. The maximum absolute atomic E-state index is 13.8. The molecule has 1 aliphatic rings. The SMILES string of the molecule is FC(F)c1nc2ccccc2n1-c1nc(Cl)nc2c1cnn2C1CCOCC1. The lowest BCUT2D eigenvalue weighted by molar-refractivity contribution is 0.0673. The summed E-state index contributed by atoms with van der Waals surface area (Å²) in [6.07, 6.45) is 0.413. The van der Waals surface area contributed by atoms with E-state index in [1.54, 1.807) is 35.1 Å². The topological polar surface area (TPSA) is 70.7 Å². The molecule has 144 valence electrons. The van der Waals surface area contributed by atoms with Crippen molar-refractivity contribution in [3.63, 3.8) is 0 Å². The van der Waals surface area contributed by atoms with E-state index in [-0.39, 0.29) is 17.1 Å². The Labute approximate surface area is 162 Å². The maximum atomic E-state index is 13.8. The van der Waals surface area contributed by atoms with Crippen molar-refractivity contribution in [3.05, 3.63) is 41.6 Å². The maximum Gasteiger partial charge on any atom is 0.296 e. The molecule has 0 spiro atoms. The smallest absolute Gasteiger partial charge is 0.296 e. The zero-order valence-corrected chi connectivity index (χ0v) is 15.4. The van der Waals surface area contributed by atoms with E-state index in [1.807, 2.05) is 0 Å². The average Bonchev–Trinajstić information content (AvgIpc) is 3.29. The molecule has 1 aliphatic heterocycles. The average molecular weight is 405 g/mol. The van der Waals surface area contributed by atoms with E-state index in [0.717, 1.165) is 12.8 Å². The standard InChI is InChI=1S/C18H15ClF2N6O/c19-18-24-15(26-13-4-2-1-3-12(13)23-17(26)14(20)21)11-9-22-27(16(11)25-18)10-5-7-28-8-6-10/h1-4,9-10,14H,5-8H2. The Morgan fingerprint density at radius 2 is 1.89 bits per heavy atom. The van der Waals surface area contributed by atoms with Crippen LogP contribution < -0.4 is 0 Å². The van der Waals surface area contributed by atoms with Gasteiger partial charge in [-0.05, 0) is 36.6 Å². The molecule has 28 heavy (non-hydrogen) atoms. The molecular weight excluding hydrogens is 390 g/mol. The van der Waals surface area contributed by atoms with Gasteiger partial charge in [0.2, 0.25) is 5.28 Å². The zero-order chi connectivity index (χ0) is 19.3. The second kappa shape index (κ2) is 6.75. The van der Waals surface area contributed by atoms with Gasteiger partial charge in [-0.15, -0.1) is 0 Å². The molecule has 5 rings (SSSR count). The Hall–Kier alpha value is -2.65. The van der Waals surface area contributed by atoms with Gasteiger partial charge in [-0.3, -0.25) is 4.57 Å². The van der Waals surface area contributed by atoms with Crippen molar-refractivity contribution < 1.29 is 13.5 Å². The number of ether oxygens (including phenoxy) is 1. The van der Waals surface area contributed by atoms with Crippen molar-refractivity contribution >= 4 is 33.7 Å². The third kappa shape index (κ3) is 2.73. The highest BCUT2D eigenvalue weighted by Crippen LogP contribution is 2.32. The van der Waals surface area contributed by atoms with Crippen LogP contribution >= 0.6 is 11.6 Å². The van der Waals surface area contributed by atoms with Crippen LogP contribution in [0.1, 0.15) is 31.1 Å². The molecule has 0 saturated carbocycles. The van der Waals surface area contributed by atoms with E-state index < -0.39 is 12.2 Å². The molecule has 0 atom stereocenters. The van der Waals surface area contributed by atoms with Crippen molar-refractivity contribution in [1.82, 2.24) is 29.3 Å². The van der Waals surface area contributed by atoms with Gasteiger partial charge >= 0.3 is 0 Å². The van der Waals surface area contributed by atoms with Crippen LogP contribution in [-0.4, -0.2) is 42.5 Å². The summed E-state index contributed by atoms with van der Waals surface area (Å²) in [6, 6.07) is 7.03. The van der Waals surface area contributed by atoms with Crippen LogP contribution in [0.15, 0.2) is 30.5 Å². The van der Waals surface area contributed by atoms with Crippen molar-refractivity contribution in [2.24, 2.45) is 0 Å². The minimum Gasteiger partial charge on any atom is -0.381 e. The van der Waals surface area contributed by atoms with Gasteiger partial charge in [-0.25, -0.2) is 18.4 Å². The Morgan fingerprint density at radius 3 is 2.68 bits per heavy atom. The van der Waals surface area contributed by atoms with Gasteiger partial charge in [0.05, 0.1) is 28.7 Å². The summed E-state index contributed by atoms with van der Waals surface area (Å²) in [5, 5.41) is 4.97. The second-order valence-corrected chi connectivity index (χ2v) is 6.92. The Morgan fingerprint density at radius 1 is 1.11 bits per heavy atom. The first-order valence-corrected chi connectivity index (χ1v) is 9.25. The van der Waals surface area contributed by atoms with Gasteiger partial charge in [-0.2, -0.15) is 15.1 Å². The van der Waals surface area contributed by atoms with Gasteiger partial charge in [0, 0.05) is 13.2 Å². The summed E-state index contributed by atoms with van der Waals surface area (Å²) in [4.78, 5) is 12.7. The first-order valence-electron chi connectivity index (χ1n) is 8.88. The molecule has 4 heterocycles. The van der Waals surface area contributed by atoms with E-state index in [0.29, 0.717) is 35.3 Å². The molecule has 0 radical (unpaired) electrons. The summed E-state index contributed by atoms with van der Waals surface area (Å²) >= 11 is 6.18. The van der Waals surface area contributed by atoms with Gasteiger partial charge in [0.25, 0.3) is 6.43 Å². The number of para-hydroxylation sites is 2. The largest absolute Gasteiger partial charge is 0.381 e. The number of aromatic nitrogens is 6. The fourth-order valence-corrected chi connectivity index (χ4v) is 3.83. The number of alkyl halides is 2. The molecule has 1 saturated heterocycles. The van der Waals surface area contributed by atoms with Gasteiger partial charge < -0.3 is 4.74 Å². The molecule has 0 unspecified atom stereocenters. The summed E-state index contributed by atoms with van der Waals surface area (Å²) < 4.78 is 36.0. The van der Waals surface area contributed by atoms with Crippen molar-refractivity contribution in [3.8, 4) is 5.82 Å². The highest BCUT2D eigenvalue weighted by molar-refractivity contribution is 6.28. The fraction of sp³-hybridized carbons (Fsp3) is 0.333. The summed E-state index contributed by atoms with van der Waals surface area (Å²) in [6.45, 7) is 1.28. The molecule has 0 aliphatic carbocycles. The highest BCUT2D eigenvalue weighted by atomic mass is 35.5. The number of rotatable bonds is 3. The van der Waals surface area contributed by atoms with Gasteiger partial charge in [0.1, 0.15) is 0 Å². The lowest BCUT2D eigenvalue weighted by Crippen LogP contribution is -2.20. The molecule has 0 bridgehead atoms. The fourth-order valence-electron chi connectivity index (χ4n) is 3.67. The first-order chi connectivity index (χ1) is 13.6. The third-order valence-electron chi connectivity index (χ3n) is 4.94. The van der Waals surface area contributed by atoms with Crippen LogP contribution in [-0.2, 0) is 4.74 Å². The molecule has 4 aromatic rings. The Bertz CT molecular complexity index is 1170. The van der Waals surface area contributed by atoms with Crippen molar-refractivity contribution in [2.45, 2.75) is 25.3 Å². The number of fused-ring (bicyclic) bond motifs is 2. The number of benzene rings is 1.